The van der Waals surface area contributed by atoms with Crippen LogP contribution in [0.1, 0.15) is 11.4 Å². The highest BCUT2D eigenvalue weighted by Crippen LogP contribution is 2.49. The van der Waals surface area contributed by atoms with E-state index in [1.54, 1.807) is 6.07 Å². The van der Waals surface area contributed by atoms with Gasteiger partial charge in [-0.05, 0) is 53.1 Å². The van der Waals surface area contributed by atoms with Crippen LogP contribution in [0, 0.1) is 0 Å². The highest BCUT2D eigenvalue weighted by molar-refractivity contribution is 7.99. The van der Waals surface area contributed by atoms with Crippen molar-refractivity contribution in [1.82, 2.24) is 9.55 Å². The Morgan fingerprint density at radius 2 is 1.17 bits per heavy atom. The molecule has 7 rings (SSSR count). The van der Waals surface area contributed by atoms with E-state index in [2.05, 4.69) is 83.4 Å². The summed E-state index contributed by atoms with van der Waals surface area (Å²) in [7, 11) is 0. The lowest BCUT2D eigenvalue weighted by molar-refractivity contribution is 1.13. The van der Waals surface area contributed by atoms with E-state index in [1.165, 1.54) is 15.9 Å². The molecule has 0 bridgehead atoms. The van der Waals surface area contributed by atoms with Crippen LogP contribution in [0.3, 0.4) is 0 Å². The van der Waals surface area contributed by atoms with E-state index in [-0.39, 0.29) is 0 Å². The van der Waals surface area contributed by atoms with Crippen LogP contribution in [0.4, 0.5) is 0 Å². The number of halogens is 2. The summed E-state index contributed by atoms with van der Waals surface area (Å²) >= 11 is 19.3. The molecule has 3 nitrogen and oxygen atoms in total. The van der Waals surface area contributed by atoms with Gasteiger partial charge in [-0.2, -0.15) is 0 Å². The Bertz CT molecular complexity index is 1930. The Morgan fingerprint density at radius 3 is 1.73 bits per heavy atom. The average Bonchev–Trinajstić information content (AvgIpc) is 3.39. The molecule has 0 N–H and O–H groups in total. The second kappa shape index (κ2) is 10.6. The Labute approximate surface area is 253 Å². The van der Waals surface area contributed by atoms with Crippen LogP contribution in [-0.4, -0.2) is 25.7 Å². The number of benzene rings is 5. The van der Waals surface area contributed by atoms with Crippen LogP contribution < -0.4 is 15.9 Å². The third kappa shape index (κ3) is 4.22. The third-order valence-electron chi connectivity index (χ3n) is 7.33. The number of hydrogen-bond donors (Lipinski definition) is 0. The van der Waals surface area contributed by atoms with Crippen LogP contribution >= 0.6 is 42.3 Å². The first-order valence-corrected chi connectivity index (χ1v) is 16.0. The molecule has 0 aliphatic carbocycles. The molecule has 1 aromatic heterocycles. The van der Waals surface area contributed by atoms with Crippen LogP contribution in [0.15, 0.2) is 138 Å². The predicted octanol–water partition coefficient (Wildman–Crippen LogP) is 7.49. The zero-order valence-corrected chi connectivity index (χ0v) is 24.9. The van der Waals surface area contributed by atoms with Gasteiger partial charge in [0.1, 0.15) is 10.8 Å². The SMILES string of the molecule is S=C1N=C(c2ccc(Cl)cc2Cl)n2c(nc3ccccc32)C1=P(c1ccccc1)(c1ccccc1)c1ccccc1. The van der Waals surface area contributed by atoms with Gasteiger partial charge in [0, 0.05) is 10.6 Å². The van der Waals surface area contributed by atoms with E-state index < -0.39 is 6.89 Å². The second-order valence-electron chi connectivity index (χ2n) is 9.65. The number of aliphatic imine (C=N–C) groups is 1. The molecule has 0 spiro atoms. The molecule has 5 aromatic carbocycles. The van der Waals surface area contributed by atoms with E-state index in [0.29, 0.717) is 20.9 Å². The van der Waals surface area contributed by atoms with Gasteiger partial charge in [-0.25, -0.2) is 9.98 Å². The zero-order valence-electron chi connectivity index (χ0n) is 21.7. The van der Waals surface area contributed by atoms with E-state index >= 15 is 0 Å². The molecule has 0 fully saturated rings. The number of aromatic nitrogens is 2. The van der Waals surface area contributed by atoms with Crippen LogP contribution in [0.2, 0.25) is 10.0 Å². The van der Waals surface area contributed by atoms with E-state index in [9.17, 15) is 0 Å². The minimum atomic E-state index is -2.58. The van der Waals surface area contributed by atoms with E-state index in [4.69, 9.17) is 45.4 Å². The van der Waals surface area contributed by atoms with Crippen molar-refractivity contribution in [3.8, 4) is 0 Å². The van der Waals surface area contributed by atoms with Gasteiger partial charge in [0.25, 0.3) is 0 Å². The molecule has 0 saturated carbocycles. The highest BCUT2D eigenvalue weighted by atomic mass is 35.5. The minimum absolute atomic E-state index is 0.499. The Kier molecular flexibility index (Phi) is 6.73. The van der Waals surface area contributed by atoms with Crippen molar-refractivity contribution >= 4 is 85.4 Å². The molecule has 1 aliphatic rings. The van der Waals surface area contributed by atoms with E-state index in [1.807, 2.05) is 48.5 Å². The summed E-state index contributed by atoms with van der Waals surface area (Å²) in [6, 6.07) is 45.4. The van der Waals surface area contributed by atoms with Gasteiger partial charge in [-0.1, -0.05) is 139 Å². The fourth-order valence-electron chi connectivity index (χ4n) is 5.63. The first kappa shape index (κ1) is 26.1. The number of hydrogen-bond acceptors (Lipinski definition) is 2. The molecular formula is C34H22Cl2N3PS. The van der Waals surface area contributed by atoms with Crippen LogP contribution in [0.25, 0.3) is 11.0 Å². The van der Waals surface area contributed by atoms with Crippen molar-refractivity contribution in [2.45, 2.75) is 0 Å². The Hall–Kier alpha value is -3.79. The Balaban J connectivity index is 1.72. The monoisotopic (exact) mass is 605 g/mol. The zero-order chi connectivity index (χ0) is 28.0. The van der Waals surface area contributed by atoms with Gasteiger partial charge in [0.2, 0.25) is 0 Å². The van der Waals surface area contributed by atoms with Gasteiger partial charge < -0.3 is 0 Å². The molecule has 0 amide bonds. The lowest BCUT2D eigenvalue weighted by Crippen LogP contribution is -2.38. The summed E-state index contributed by atoms with van der Waals surface area (Å²) in [5, 5.41) is 5.54. The summed E-state index contributed by atoms with van der Waals surface area (Å²) in [4.78, 5) is 10.9. The summed E-state index contributed by atoms with van der Waals surface area (Å²) < 4.78 is 2.11. The molecule has 0 radical (unpaired) electrons. The molecule has 0 atom stereocenters. The number of rotatable bonds is 4. The summed E-state index contributed by atoms with van der Waals surface area (Å²) in [6.45, 7) is -2.58. The maximum Gasteiger partial charge on any atom is 0.151 e. The van der Waals surface area contributed by atoms with Gasteiger partial charge in [-0.3, -0.25) is 4.57 Å². The van der Waals surface area contributed by atoms with Crippen LogP contribution in [0.5, 0.6) is 0 Å². The number of imidazole rings is 1. The molecule has 6 aromatic rings. The predicted molar refractivity (Wildman–Crippen MR) is 180 cm³/mol. The molecule has 0 saturated heterocycles. The highest BCUT2D eigenvalue weighted by Gasteiger charge is 2.38. The third-order valence-corrected chi connectivity index (χ3v) is 12.6. The smallest absolute Gasteiger partial charge is 0.151 e. The fourth-order valence-corrected chi connectivity index (χ4v) is 11.0. The number of fused-ring (bicyclic) bond motifs is 3. The van der Waals surface area contributed by atoms with Crippen molar-refractivity contribution in [3.05, 3.63) is 155 Å². The quantitative estimate of drug-likeness (QED) is 0.154. The molecule has 41 heavy (non-hydrogen) atoms. The van der Waals surface area contributed by atoms with Gasteiger partial charge >= 0.3 is 0 Å². The standard InChI is InChI=1S/C34H22Cl2N3PS/c35-23-20-21-27(28(36)22-23)32-38-34(41)31(33-37-29-18-10-11-19-30(29)39(32)33)40(24-12-4-1-5-13-24,25-14-6-2-7-15-25)26-16-8-3-9-17-26/h1-22H. The second-order valence-corrected chi connectivity index (χ2v) is 14.2. The molecular weight excluding hydrogens is 584 g/mol. The maximum atomic E-state index is 6.77. The normalized spacial score (nSPS) is 13.3. The summed E-state index contributed by atoms with van der Waals surface area (Å²) in [5.41, 5.74) is 2.53. The number of nitrogens with zero attached hydrogens (tertiary/aromatic N) is 3. The molecule has 198 valence electrons. The van der Waals surface area contributed by atoms with Crippen molar-refractivity contribution in [1.29, 1.82) is 0 Å². The first-order chi connectivity index (χ1) is 20.1. The summed E-state index contributed by atoms with van der Waals surface area (Å²) in [6.07, 6.45) is 0. The average molecular weight is 607 g/mol. The lowest BCUT2D eigenvalue weighted by Gasteiger charge is -2.34. The molecule has 7 heteroatoms. The van der Waals surface area contributed by atoms with Gasteiger partial charge in [0.05, 0.1) is 21.3 Å². The van der Waals surface area contributed by atoms with Crippen molar-refractivity contribution < 1.29 is 0 Å². The number of thiocarbonyl (C=S) groups is 1. The molecule has 2 heterocycles. The van der Waals surface area contributed by atoms with Crippen molar-refractivity contribution in [3.63, 3.8) is 0 Å². The van der Waals surface area contributed by atoms with E-state index in [0.717, 1.165) is 27.7 Å². The number of para-hydroxylation sites is 2. The molecule has 0 unspecified atom stereocenters. The van der Waals surface area contributed by atoms with Gasteiger partial charge in [0.15, 0.2) is 5.82 Å². The maximum absolute atomic E-state index is 6.77. The van der Waals surface area contributed by atoms with Crippen LogP contribution in [-0.2, 0) is 0 Å². The topological polar surface area (TPSA) is 30.2 Å². The minimum Gasteiger partial charge on any atom is -0.276 e. The lowest BCUT2D eigenvalue weighted by atomic mass is 10.1. The van der Waals surface area contributed by atoms with Crippen molar-refractivity contribution in [2.24, 2.45) is 4.99 Å². The fraction of sp³-hybridized carbons (Fsp3) is 0. The summed E-state index contributed by atoms with van der Waals surface area (Å²) in [5.74, 6) is 1.41. The van der Waals surface area contributed by atoms with Crippen molar-refractivity contribution in [2.75, 3.05) is 0 Å². The largest absolute Gasteiger partial charge is 0.276 e. The van der Waals surface area contributed by atoms with Gasteiger partial charge in [-0.15, -0.1) is 0 Å². The first-order valence-electron chi connectivity index (χ1n) is 13.1. The Morgan fingerprint density at radius 1 is 0.634 bits per heavy atom. The molecule has 1 aliphatic heterocycles.